The van der Waals surface area contributed by atoms with Crippen LogP contribution in [0.25, 0.3) is 6.08 Å². The third-order valence-electron chi connectivity index (χ3n) is 4.31. The van der Waals surface area contributed by atoms with Crippen LogP contribution >= 0.6 is 24.0 Å². The smallest absolute Gasteiger partial charge is 0.344 e. The lowest BCUT2D eigenvalue weighted by Crippen LogP contribution is -2.28. The van der Waals surface area contributed by atoms with Crippen LogP contribution in [-0.2, 0) is 14.3 Å². The minimum atomic E-state index is -0.486. The molecule has 0 radical (unpaired) electrons. The third kappa shape index (κ3) is 4.66. The number of thioether (sulfide) groups is 1. The van der Waals surface area contributed by atoms with Crippen LogP contribution in [0, 0.1) is 6.92 Å². The number of benzene rings is 2. The predicted molar refractivity (Wildman–Crippen MR) is 122 cm³/mol. The van der Waals surface area contributed by atoms with Crippen molar-refractivity contribution in [1.82, 2.24) is 0 Å². The number of rotatable bonds is 7. The number of hydrogen-bond acceptors (Lipinski definition) is 7. The first-order valence-electron chi connectivity index (χ1n) is 9.25. The number of carbonyl (C=O) groups excluding carboxylic acids is 2. The van der Waals surface area contributed by atoms with Crippen LogP contribution in [0.5, 0.6) is 11.5 Å². The predicted octanol–water partition coefficient (Wildman–Crippen LogP) is 4.35. The van der Waals surface area contributed by atoms with Gasteiger partial charge in [0, 0.05) is 5.56 Å². The molecule has 156 valence electrons. The molecule has 0 bridgehead atoms. The highest BCUT2D eigenvalue weighted by Gasteiger charge is 2.34. The number of para-hydroxylation sites is 2. The van der Waals surface area contributed by atoms with Crippen molar-refractivity contribution in [2.24, 2.45) is 0 Å². The number of amides is 1. The summed E-state index contributed by atoms with van der Waals surface area (Å²) in [5.74, 6) is 0.107. The summed E-state index contributed by atoms with van der Waals surface area (Å²) in [5, 5.41) is 0. The highest BCUT2D eigenvalue weighted by atomic mass is 32.2. The summed E-state index contributed by atoms with van der Waals surface area (Å²) in [6.07, 6.45) is 1.70. The lowest BCUT2D eigenvalue weighted by atomic mass is 10.1. The van der Waals surface area contributed by atoms with Crippen molar-refractivity contribution in [3.8, 4) is 11.5 Å². The third-order valence-corrected chi connectivity index (χ3v) is 5.61. The lowest BCUT2D eigenvalue weighted by molar-refractivity contribution is -0.145. The first-order chi connectivity index (χ1) is 14.5. The Morgan fingerprint density at radius 2 is 1.97 bits per heavy atom. The molecule has 3 rings (SSSR count). The van der Waals surface area contributed by atoms with Gasteiger partial charge in [-0.2, -0.15) is 0 Å². The molecule has 2 aromatic carbocycles. The van der Waals surface area contributed by atoms with Crippen molar-refractivity contribution in [3.63, 3.8) is 0 Å². The summed E-state index contributed by atoms with van der Waals surface area (Å²) in [5.41, 5.74) is 2.31. The number of methoxy groups -OCH3 is 1. The summed E-state index contributed by atoms with van der Waals surface area (Å²) in [7, 11) is 1.51. The molecule has 0 unspecified atom stereocenters. The normalized spacial score (nSPS) is 14.9. The summed E-state index contributed by atoms with van der Waals surface area (Å²) in [4.78, 5) is 26.8. The molecule has 1 amide bonds. The molecular formula is C22H21NO5S2. The zero-order valence-electron chi connectivity index (χ0n) is 16.8. The van der Waals surface area contributed by atoms with E-state index in [4.69, 9.17) is 26.4 Å². The molecule has 0 N–H and O–H groups in total. The Morgan fingerprint density at radius 3 is 2.67 bits per heavy atom. The maximum absolute atomic E-state index is 13.1. The first-order valence-corrected chi connectivity index (χ1v) is 10.5. The average molecular weight is 444 g/mol. The van der Waals surface area contributed by atoms with Crippen LogP contribution < -0.4 is 14.4 Å². The van der Waals surface area contributed by atoms with Gasteiger partial charge in [-0.1, -0.05) is 54.3 Å². The zero-order chi connectivity index (χ0) is 21.7. The highest BCUT2D eigenvalue weighted by Crippen LogP contribution is 2.39. The fourth-order valence-electron chi connectivity index (χ4n) is 2.93. The maximum atomic E-state index is 13.1. The van der Waals surface area contributed by atoms with Gasteiger partial charge in [-0.25, -0.2) is 4.79 Å². The molecule has 1 aliphatic heterocycles. The quantitative estimate of drug-likeness (QED) is 0.358. The second-order valence-electron chi connectivity index (χ2n) is 6.28. The van der Waals surface area contributed by atoms with Gasteiger partial charge in [0.25, 0.3) is 5.91 Å². The molecule has 1 aliphatic rings. The fraction of sp³-hybridized carbons (Fsp3) is 0.227. The van der Waals surface area contributed by atoms with E-state index in [-0.39, 0.29) is 19.1 Å². The second-order valence-corrected chi connectivity index (χ2v) is 7.95. The highest BCUT2D eigenvalue weighted by molar-refractivity contribution is 8.27. The summed E-state index contributed by atoms with van der Waals surface area (Å²) >= 11 is 6.67. The Bertz CT molecular complexity index is 1020. The molecule has 0 aromatic heterocycles. The van der Waals surface area contributed by atoms with Crippen molar-refractivity contribution in [3.05, 3.63) is 58.5 Å². The van der Waals surface area contributed by atoms with Crippen molar-refractivity contribution >= 4 is 51.9 Å². The molecule has 1 fully saturated rings. The first kappa shape index (κ1) is 21.9. The second kappa shape index (κ2) is 9.77. The average Bonchev–Trinajstić information content (AvgIpc) is 3.00. The minimum absolute atomic E-state index is 0.210. The zero-order valence-corrected chi connectivity index (χ0v) is 18.5. The Hall–Kier alpha value is -2.84. The van der Waals surface area contributed by atoms with Crippen molar-refractivity contribution in [1.29, 1.82) is 0 Å². The van der Waals surface area contributed by atoms with Gasteiger partial charge in [0.2, 0.25) is 0 Å². The van der Waals surface area contributed by atoms with Gasteiger partial charge in [0.15, 0.2) is 22.4 Å². The number of esters is 1. The molecule has 0 saturated carbocycles. The fourth-order valence-corrected chi connectivity index (χ4v) is 4.20. The number of anilines is 1. The van der Waals surface area contributed by atoms with Gasteiger partial charge < -0.3 is 14.2 Å². The number of carbonyl (C=O) groups is 2. The SMILES string of the molecule is CCOC(=O)COc1c(/C=C2\SC(=S)N(c3ccccc3C)C2=O)cccc1OC. The van der Waals surface area contributed by atoms with Crippen molar-refractivity contribution in [2.75, 3.05) is 25.2 Å². The van der Waals surface area contributed by atoms with E-state index in [0.717, 1.165) is 11.3 Å². The van der Waals surface area contributed by atoms with E-state index in [1.165, 1.54) is 23.8 Å². The summed E-state index contributed by atoms with van der Waals surface area (Å²) < 4.78 is 16.4. The standard InChI is InChI=1S/C22H21NO5S2/c1-4-27-19(24)13-28-20-15(9-7-11-17(20)26-3)12-18-21(25)23(22(29)30-18)16-10-6-5-8-14(16)2/h5-12H,4,13H2,1-3H3/b18-12-. The number of nitrogens with zero attached hydrogens (tertiary/aromatic N) is 1. The van der Waals surface area contributed by atoms with E-state index < -0.39 is 5.97 Å². The molecular weight excluding hydrogens is 422 g/mol. The van der Waals surface area contributed by atoms with E-state index in [1.54, 1.807) is 31.2 Å². The molecule has 2 aromatic rings. The Morgan fingerprint density at radius 1 is 1.20 bits per heavy atom. The Kier molecular flexibility index (Phi) is 7.12. The molecule has 1 saturated heterocycles. The van der Waals surface area contributed by atoms with E-state index in [0.29, 0.717) is 26.3 Å². The van der Waals surface area contributed by atoms with Crippen LogP contribution in [0.3, 0.4) is 0 Å². The molecule has 0 spiro atoms. The lowest BCUT2D eigenvalue weighted by Gasteiger charge is -2.16. The van der Waals surface area contributed by atoms with Gasteiger partial charge in [-0.15, -0.1) is 0 Å². The van der Waals surface area contributed by atoms with Gasteiger partial charge in [0.1, 0.15) is 0 Å². The van der Waals surface area contributed by atoms with E-state index in [9.17, 15) is 9.59 Å². The van der Waals surface area contributed by atoms with Crippen LogP contribution in [0.4, 0.5) is 5.69 Å². The number of ether oxygens (including phenoxy) is 3. The van der Waals surface area contributed by atoms with Gasteiger partial charge in [-0.3, -0.25) is 9.69 Å². The van der Waals surface area contributed by atoms with E-state index in [2.05, 4.69) is 0 Å². The van der Waals surface area contributed by atoms with Gasteiger partial charge in [0.05, 0.1) is 24.3 Å². The maximum Gasteiger partial charge on any atom is 0.344 e. The van der Waals surface area contributed by atoms with E-state index in [1.807, 2.05) is 31.2 Å². The Balaban J connectivity index is 1.93. The topological polar surface area (TPSA) is 65.1 Å². The van der Waals surface area contributed by atoms with Crippen LogP contribution in [-0.4, -0.2) is 36.5 Å². The summed E-state index contributed by atoms with van der Waals surface area (Å²) in [6.45, 7) is 3.66. The molecule has 1 heterocycles. The summed E-state index contributed by atoms with van der Waals surface area (Å²) in [6, 6.07) is 12.9. The van der Waals surface area contributed by atoms with E-state index >= 15 is 0 Å². The molecule has 30 heavy (non-hydrogen) atoms. The molecule has 8 heteroatoms. The molecule has 0 aliphatic carbocycles. The number of aryl methyl sites for hydroxylation is 1. The molecule has 0 atom stereocenters. The molecule has 6 nitrogen and oxygen atoms in total. The minimum Gasteiger partial charge on any atom is -0.493 e. The van der Waals surface area contributed by atoms with Crippen LogP contribution in [0.15, 0.2) is 47.4 Å². The van der Waals surface area contributed by atoms with Crippen molar-refractivity contribution < 1.29 is 23.8 Å². The number of hydrogen-bond donors (Lipinski definition) is 0. The van der Waals surface area contributed by atoms with Crippen LogP contribution in [0.1, 0.15) is 18.1 Å². The monoisotopic (exact) mass is 443 g/mol. The van der Waals surface area contributed by atoms with Crippen molar-refractivity contribution in [2.45, 2.75) is 13.8 Å². The largest absolute Gasteiger partial charge is 0.493 e. The Labute approximate surface area is 184 Å². The van der Waals surface area contributed by atoms with Gasteiger partial charge in [-0.05, 0) is 37.6 Å². The van der Waals surface area contributed by atoms with Gasteiger partial charge >= 0.3 is 5.97 Å². The number of thiocarbonyl (C=S) groups is 1. The van der Waals surface area contributed by atoms with Crippen LogP contribution in [0.2, 0.25) is 0 Å².